The summed E-state index contributed by atoms with van der Waals surface area (Å²) in [5.74, 6) is 0. The first-order valence-corrected chi connectivity index (χ1v) is 7.09. The van der Waals surface area contributed by atoms with Gasteiger partial charge in [-0.2, -0.15) is 11.8 Å². The van der Waals surface area contributed by atoms with Crippen molar-refractivity contribution < 1.29 is 0 Å². The molecule has 14 heavy (non-hydrogen) atoms. The van der Waals surface area contributed by atoms with Gasteiger partial charge in [-0.1, -0.05) is 0 Å². The molecule has 1 aliphatic carbocycles. The van der Waals surface area contributed by atoms with Crippen LogP contribution in [0.25, 0.3) is 0 Å². The van der Waals surface area contributed by atoms with E-state index in [9.17, 15) is 0 Å². The van der Waals surface area contributed by atoms with Gasteiger partial charge in [0.25, 0.3) is 0 Å². The van der Waals surface area contributed by atoms with Crippen molar-refractivity contribution >= 4 is 40.0 Å². The Balaban J connectivity index is 1.89. The fourth-order valence-corrected chi connectivity index (χ4v) is 2.51. The zero-order chi connectivity index (χ0) is 10.0. The van der Waals surface area contributed by atoms with Crippen molar-refractivity contribution in [3.63, 3.8) is 0 Å². The number of hydrogen-bond donors (Lipinski definition) is 1. The van der Waals surface area contributed by atoms with Crippen molar-refractivity contribution in [2.24, 2.45) is 0 Å². The van der Waals surface area contributed by atoms with Crippen LogP contribution in [0.5, 0.6) is 0 Å². The molecule has 0 radical (unpaired) electrons. The summed E-state index contributed by atoms with van der Waals surface area (Å²) in [7, 11) is 0. The maximum Gasteiger partial charge on any atom is 0.0341 e. The maximum absolute atomic E-state index is 3.50. The van der Waals surface area contributed by atoms with E-state index in [1.54, 1.807) is 0 Å². The van der Waals surface area contributed by atoms with Crippen LogP contribution in [0.1, 0.15) is 12.8 Å². The van der Waals surface area contributed by atoms with Crippen molar-refractivity contribution in [3.8, 4) is 0 Å². The van der Waals surface area contributed by atoms with Crippen LogP contribution in [-0.2, 0) is 0 Å². The molecular weight excluding hydrogens is 305 g/mol. The molecular formula is C11H14INS. The summed E-state index contributed by atoms with van der Waals surface area (Å²) in [4.78, 5) is 0. The molecule has 1 saturated carbocycles. The van der Waals surface area contributed by atoms with Crippen LogP contribution in [0.2, 0.25) is 0 Å². The van der Waals surface area contributed by atoms with Crippen LogP contribution in [0.15, 0.2) is 24.3 Å². The molecule has 0 aliphatic heterocycles. The normalized spacial score (nSPS) is 17.9. The standard InChI is InChI=1S/C11H14INS/c1-14-11(6-7-11)8-13-10-4-2-9(12)3-5-10/h2-5,13H,6-8H2,1H3. The molecule has 1 aromatic rings. The molecule has 0 heterocycles. The lowest BCUT2D eigenvalue weighted by Crippen LogP contribution is -2.17. The Hall–Kier alpha value is 0.1000. The summed E-state index contributed by atoms with van der Waals surface area (Å²) in [6, 6.07) is 8.58. The molecule has 3 heteroatoms. The monoisotopic (exact) mass is 319 g/mol. The van der Waals surface area contributed by atoms with E-state index >= 15 is 0 Å². The molecule has 0 aromatic heterocycles. The third-order valence-corrected chi connectivity index (χ3v) is 4.84. The van der Waals surface area contributed by atoms with Crippen molar-refractivity contribution in [1.29, 1.82) is 0 Å². The fourth-order valence-electron chi connectivity index (χ4n) is 1.42. The molecule has 0 unspecified atom stereocenters. The van der Waals surface area contributed by atoms with Crippen molar-refractivity contribution in [2.75, 3.05) is 18.1 Å². The van der Waals surface area contributed by atoms with Gasteiger partial charge >= 0.3 is 0 Å². The molecule has 1 aromatic carbocycles. The molecule has 0 atom stereocenters. The summed E-state index contributed by atoms with van der Waals surface area (Å²) in [5.41, 5.74) is 1.24. The van der Waals surface area contributed by atoms with E-state index in [4.69, 9.17) is 0 Å². The number of thioether (sulfide) groups is 1. The lowest BCUT2D eigenvalue weighted by atomic mass is 10.3. The van der Waals surface area contributed by atoms with E-state index < -0.39 is 0 Å². The van der Waals surface area contributed by atoms with Gasteiger partial charge in [0.1, 0.15) is 0 Å². The Morgan fingerprint density at radius 2 is 2.00 bits per heavy atom. The highest BCUT2D eigenvalue weighted by molar-refractivity contribution is 14.1. The number of nitrogens with one attached hydrogen (secondary N) is 1. The smallest absolute Gasteiger partial charge is 0.0341 e. The van der Waals surface area contributed by atoms with Crippen LogP contribution in [0, 0.1) is 3.57 Å². The predicted molar refractivity (Wildman–Crippen MR) is 73.1 cm³/mol. The zero-order valence-electron chi connectivity index (χ0n) is 8.22. The van der Waals surface area contributed by atoms with Crippen LogP contribution in [-0.4, -0.2) is 17.5 Å². The SMILES string of the molecule is CSC1(CNc2ccc(I)cc2)CC1. The quantitative estimate of drug-likeness (QED) is 0.851. The Morgan fingerprint density at radius 1 is 1.36 bits per heavy atom. The van der Waals surface area contributed by atoms with E-state index in [-0.39, 0.29) is 0 Å². The zero-order valence-corrected chi connectivity index (χ0v) is 11.2. The predicted octanol–water partition coefficient (Wildman–Crippen LogP) is 3.60. The molecule has 2 rings (SSSR count). The average molecular weight is 319 g/mol. The first-order valence-electron chi connectivity index (χ1n) is 4.79. The van der Waals surface area contributed by atoms with Gasteiger partial charge in [-0.25, -0.2) is 0 Å². The number of hydrogen-bond acceptors (Lipinski definition) is 2. The van der Waals surface area contributed by atoms with E-state index in [1.165, 1.54) is 22.1 Å². The van der Waals surface area contributed by atoms with E-state index in [1.807, 2.05) is 11.8 Å². The minimum atomic E-state index is 0.545. The second-order valence-corrected chi connectivity index (χ2v) is 6.27. The maximum atomic E-state index is 3.50. The molecule has 0 spiro atoms. The molecule has 1 nitrogen and oxygen atoms in total. The summed E-state index contributed by atoms with van der Waals surface area (Å²) in [5, 5.41) is 3.50. The third kappa shape index (κ3) is 2.57. The topological polar surface area (TPSA) is 12.0 Å². The van der Waals surface area contributed by atoms with Crippen LogP contribution in [0.3, 0.4) is 0 Å². The molecule has 1 aliphatic rings. The highest BCUT2D eigenvalue weighted by Gasteiger charge is 2.41. The number of benzene rings is 1. The lowest BCUT2D eigenvalue weighted by molar-refractivity contribution is 0.949. The Bertz CT molecular complexity index is 306. The first-order chi connectivity index (χ1) is 6.74. The lowest BCUT2D eigenvalue weighted by Gasteiger charge is -2.13. The Morgan fingerprint density at radius 3 is 2.50 bits per heavy atom. The first kappa shape index (κ1) is 10.6. The van der Waals surface area contributed by atoms with Gasteiger partial charge in [0, 0.05) is 20.5 Å². The van der Waals surface area contributed by atoms with Crippen molar-refractivity contribution in [1.82, 2.24) is 0 Å². The molecule has 1 N–H and O–H groups in total. The molecule has 0 amide bonds. The highest BCUT2D eigenvalue weighted by atomic mass is 127. The van der Waals surface area contributed by atoms with E-state index in [0.717, 1.165) is 6.54 Å². The second-order valence-electron chi connectivity index (χ2n) is 3.75. The van der Waals surface area contributed by atoms with Gasteiger partial charge in [-0.3, -0.25) is 0 Å². The summed E-state index contributed by atoms with van der Waals surface area (Å²) < 4.78 is 1.84. The van der Waals surface area contributed by atoms with Gasteiger partial charge in [-0.15, -0.1) is 0 Å². The molecule has 0 saturated heterocycles. The number of halogens is 1. The Labute approximate surface area is 103 Å². The van der Waals surface area contributed by atoms with Crippen molar-refractivity contribution in [3.05, 3.63) is 27.8 Å². The number of rotatable bonds is 4. The summed E-state index contributed by atoms with van der Waals surface area (Å²) >= 11 is 4.33. The molecule has 0 bridgehead atoms. The summed E-state index contributed by atoms with van der Waals surface area (Å²) in [6.07, 6.45) is 4.94. The van der Waals surface area contributed by atoms with Gasteiger partial charge in [0.15, 0.2) is 0 Å². The van der Waals surface area contributed by atoms with Gasteiger partial charge in [0.05, 0.1) is 0 Å². The van der Waals surface area contributed by atoms with Crippen LogP contribution < -0.4 is 5.32 Å². The van der Waals surface area contributed by atoms with Crippen LogP contribution >= 0.6 is 34.4 Å². The fraction of sp³-hybridized carbons (Fsp3) is 0.455. The van der Waals surface area contributed by atoms with Gasteiger partial charge in [-0.05, 0) is 66.0 Å². The molecule has 1 fully saturated rings. The summed E-state index contributed by atoms with van der Waals surface area (Å²) in [6.45, 7) is 1.11. The Kier molecular flexibility index (Phi) is 3.27. The third-order valence-electron chi connectivity index (χ3n) is 2.70. The van der Waals surface area contributed by atoms with E-state index in [2.05, 4.69) is 58.4 Å². The van der Waals surface area contributed by atoms with E-state index in [0.29, 0.717) is 4.75 Å². The highest BCUT2D eigenvalue weighted by Crippen LogP contribution is 2.46. The largest absolute Gasteiger partial charge is 0.384 e. The van der Waals surface area contributed by atoms with Gasteiger partial charge < -0.3 is 5.32 Å². The molecule has 76 valence electrons. The minimum absolute atomic E-state index is 0.545. The minimum Gasteiger partial charge on any atom is -0.384 e. The second kappa shape index (κ2) is 4.31. The van der Waals surface area contributed by atoms with Crippen molar-refractivity contribution in [2.45, 2.75) is 17.6 Å². The number of anilines is 1. The van der Waals surface area contributed by atoms with Crippen LogP contribution in [0.4, 0.5) is 5.69 Å². The average Bonchev–Trinajstić information content (AvgIpc) is 2.98. The van der Waals surface area contributed by atoms with Gasteiger partial charge in [0.2, 0.25) is 0 Å².